The number of nitrogens with zero attached hydrogens (tertiary/aromatic N) is 3. The van der Waals surface area contributed by atoms with Crippen LogP contribution in [0.2, 0.25) is 0 Å². The first-order valence-corrected chi connectivity index (χ1v) is 8.73. The maximum atomic E-state index is 12.9. The predicted molar refractivity (Wildman–Crippen MR) is 105 cm³/mol. The van der Waals surface area contributed by atoms with Gasteiger partial charge in [-0.25, -0.2) is 9.20 Å². The average molecular weight is 361 g/mol. The highest BCUT2D eigenvalue weighted by molar-refractivity contribution is 5.98. The molecule has 4 aromatic rings. The van der Waals surface area contributed by atoms with E-state index in [9.17, 15) is 9.90 Å². The van der Waals surface area contributed by atoms with E-state index in [0.717, 1.165) is 5.56 Å². The van der Waals surface area contributed by atoms with E-state index in [0.29, 0.717) is 41.0 Å². The van der Waals surface area contributed by atoms with Gasteiger partial charge in [-0.3, -0.25) is 4.79 Å². The molecule has 2 aromatic heterocycles. The lowest BCUT2D eigenvalue weighted by Crippen LogP contribution is -2.26. The second-order valence-electron chi connectivity index (χ2n) is 6.11. The topological polar surface area (TPSA) is 68.8 Å². The highest BCUT2D eigenvalue weighted by Gasteiger charge is 2.19. The molecule has 0 atom stereocenters. The number of imidazole rings is 1. The Labute approximate surface area is 155 Å². The molecule has 6 nitrogen and oxygen atoms in total. The summed E-state index contributed by atoms with van der Waals surface area (Å²) in [4.78, 5) is 17.3. The van der Waals surface area contributed by atoms with Crippen molar-refractivity contribution in [1.82, 2.24) is 14.2 Å². The third-order valence-corrected chi connectivity index (χ3v) is 4.50. The number of aromatic hydroxyl groups is 1. The van der Waals surface area contributed by atoms with Gasteiger partial charge < -0.3 is 9.84 Å². The summed E-state index contributed by atoms with van der Waals surface area (Å²) in [5.41, 5.74) is 1.17. The van der Waals surface area contributed by atoms with Crippen LogP contribution in [0.25, 0.3) is 27.7 Å². The van der Waals surface area contributed by atoms with Gasteiger partial charge in [0.25, 0.3) is 5.56 Å². The Bertz CT molecular complexity index is 1200. The SMILES string of the molecule is C=CCOc1ccc(-c2nc(O)c3c4ccccc4c(=O)n(CC)n23)cc1. The number of hydrogen-bond donors (Lipinski definition) is 1. The monoisotopic (exact) mass is 361 g/mol. The second-order valence-corrected chi connectivity index (χ2v) is 6.11. The largest absolute Gasteiger partial charge is 0.492 e. The number of aryl methyl sites for hydroxylation is 1. The van der Waals surface area contributed by atoms with E-state index in [2.05, 4.69) is 11.6 Å². The Morgan fingerprint density at radius 2 is 1.85 bits per heavy atom. The van der Waals surface area contributed by atoms with E-state index in [1.807, 2.05) is 49.4 Å². The fourth-order valence-corrected chi connectivity index (χ4v) is 3.30. The van der Waals surface area contributed by atoms with E-state index in [1.165, 1.54) is 0 Å². The second kappa shape index (κ2) is 6.64. The van der Waals surface area contributed by atoms with E-state index in [-0.39, 0.29) is 11.4 Å². The molecule has 0 spiro atoms. The molecule has 0 aliphatic rings. The van der Waals surface area contributed by atoms with Crippen LogP contribution >= 0.6 is 0 Å². The lowest BCUT2D eigenvalue weighted by atomic mass is 10.1. The van der Waals surface area contributed by atoms with E-state index < -0.39 is 0 Å². The van der Waals surface area contributed by atoms with Gasteiger partial charge >= 0.3 is 0 Å². The normalized spacial score (nSPS) is 11.1. The molecule has 2 heterocycles. The van der Waals surface area contributed by atoms with Crippen LogP contribution in [-0.4, -0.2) is 25.9 Å². The molecule has 6 heteroatoms. The van der Waals surface area contributed by atoms with Crippen molar-refractivity contribution in [2.75, 3.05) is 6.61 Å². The van der Waals surface area contributed by atoms with Crippen molar-refractivity contribution in [2.45, 2.75) is 13.5 Å². The zero-order valence-electron chi connectivity index (χ0n) is 14.9. The van der Waals surface area contributed by atoms with E-state index in [4.69, 9.17) is 4.74 Å². The molecule has 0 aliphatic carbocycles. The van der Waals surface area contributed by atoms with Gasteiger partial charge in [0.05, 0.1) is 5.39 Å². The molecule has 0 bridgehead atoms. The zero-order valence-corrected chi connectivity index (χ0v) is 14.9. The summed E-state index contributed by atoms with van der Waals surface area (Å²) in [6.45, 7) is 6.40. The molecule has 1 N–H and O–H groups in total. The minimum Gasteiger partial charge on any atom is -0.492 e. The van der Waals surface area contributed by atoms with Gasteiger partial charge in [0.15, 0.2) is 5.82 Å². The fourth-order valence-electron chi connectivity index (χ4n) is 3.30. The van der Waals surface area contributed by atoms with Crippen molar-refractivity contribution < 1.29 is 9.84 Å². The lowest BCUT2D eigenvalue weighted by Gasteiger charge is -2.12. The number of hydrogen-bond acceptors (Lipinski definition) is 4. The van der Waals surface area contributed by atoms with Crippen LogP contribution in [0.15, 0.2) is 66.0 Å². The number of benzene rings is 2. The number of rotatable bonds is 5. The summed E-state index contributed by atoms with van der Waals surface area (Å²) in [6, 6.07) is 14.6. The molecule has 0 saturated heterocycles. The summed E-state index contributed by atoms with van der Waals surface area (Å²) in [7, 11) is 0. The first-order chi connectivity index (χ1) is 13.2. The van der Waals surface area contributed by atoms with Gasteiger partial charge in [-0.2, -0.15) is 4.98 Å². The smallest absolute Gasteiger partial charge is 0.273 e. The maximum absolute atomic E-state index is 12.9. The minimum atomic E-state index is -0.120. The molecule has 4 rings (SSSR count). The van der Waals surface area contributed by atoms with Crippen molar-refractivity contribution in [3.63, 3.8) is 0 Å². The molecule has 0 unspecified atom stereocenters. The van der Waals surface area contributed by atoms with E-state index in [1.54, 1.807) is 21.3 Å². The first kappa shape index (κ1) is 16.9. The Morgan fingerprint density at radius 1 is 1.15 bits per heavy atom. The van der Waals surface area contributed by atoms with Gasteiger partial charge in [0.2, 0.25) is 5.88 Å². The highest BCUT2D eigenvalue weighted by atomic mass is 16.5. The third-order valence-electron chi connectivity index (χ3n) is 4.50. The third kappa shape index (κ3) is 2.66. The predicted octanol–water partition coefficient (Wildman–Crippen LogP) is 3.61. The van der Waals surface area contributed by atoms with Crippen LogP contribution in [0.1, 0.15) is 6.92 Å². The quantitative estimate of drug-likeness (QED) is 0.552. The summed E-state index contributed by atoms with van der Waals surface area (Å²) >= 11 is 0. The van der Waals surface area contributed by atoms with Crippen LogP contribution in [0, 0.1) is 0 Å². The number of ether oxygens (including phenoxy) is 1. The van der Waals surface area contributed by atoms with Crippen LogP contribution in [0.5, 0.6) is 11.6 Å². The summed E-state index contributed by atoms with van der Waals surface area (Å²) < 4.78 is 8.79. The Kier molecular flexibility index (Phi) is 4.16. The molecule has 0 amide bonds. The van der Waals surface area contributed by atoms with Gasteiger partial charge in [-0.05, 0) is 37.3 Å². The minimum absolute atomic E-state index is 0.101. The summed E-state index contributed by atoms with van der Waals surface area (Å²) in [5, 5.41) is 11.8. The van der Waals surface area contributed by atoms with E-state index >= 15 is 0 Å². The zero-order chi connectivity index (χ0) is 19.0. The van der Waals surface area contributed by atoms with Crippen LogP contribution in [0.3, 0.4) is 0 Å². The Morgan fingerprint density at radius 3 is 2.52 bits per heavy atom. The van der Waals surface area contributed by atoms with Crippen molar-refractivity contribution >= 4 is 16.3 Å². The molecule has 136 valence electrons. The van der Waals surface area contributed by atoms with Crippen LogP contribution < -0.4 is 10.3 Å². The molecule has 2 aromatic carbocycles. The van der Waals surface area contributed by atoms with Gasteiger partial charge in [-0.15, -0.1) is 0 Å². The van der Waals surface area contributed by atoms with Crippen molar-refractivity contribution in [2.24, 2.45) is 0 Å². The average Bonchev–Trinajstić information content (AvgIpc) is 3.04. The molecule has 0 aliphatic heterocycles. The van der Waals surface area contributed by atoms with Gasteiger partial charge in [-0.1, -0.05) is 30.9 Å². The van der Waals surface area contributed by atoms with Crippen molar-refractivity contribution in [3.8, 4) is 23.0 Å². The van der Waals surface area contributed by atoms with Crippen LogP contribution in [0.4, 0.5) is 0 Å². The number of fused-ring (bicyclic) bond motifs is 3. The van der Waals surface area contributed by atoms with Crippen LogP contribution in [-0.2, 0) is 6.54 Å². The molecule has 0 radical (unpaired) electrons. The molecule has 0 saturated carbocycles. The highest BCUT2D eigenvalue weighted by Crippen LogP contribution is 2.31. The van der Waals surface area contributed by atoms with Crippen molar-refractivity contribution in [1.29, 1.82) is 0 Å². The fraction of sp³-hybridized carbons (Fsp3) is 0.143. The summed E-state index contributed by atoms with van der Waals surface area (Å²) in [6.07, 6.45) is 1.68. The van der Waals surface area contributed by atoms with Crippen molar-refractivity contribution in [3.05, 3.63) is 71.5 Å². The maximum Gasteiger partial charge on any atom is 0.273 e. The molecule has 27 heavy (non-hydrogen) atoms. The standard InChI is InChI=1S/C21H19N3O3/c1-3-13-27-15-11-9-14(10-12-15)19-22-20(25)18-16-7-5-6-8-17(16)21(26)23(4-2)24(18)19/h3,5-12,25H,1,4,13H2,2H3. The molecular formula is C21H19N3O3. The summed E-state index contributed by atoms with van der Waals surface area (Å²) in [5.74, 6) is 1.11. The molecular weight excluding hydrogens is 342 g/mol. The van der Waals surface area contributed by atoms with Gasteiger partial charge in [0.1, 0.15) is 17.9 Å². The number of aromatic nitrogens is 3. The Balaban J connectivity index is 2.00. The lowest BCUT2D eigenvalue weighted by molar-refractivity contribution is 0.363. The van der Waals surface area contributed by atoms with Gasteiger partial charge in [0, 0.05) is 17.5 Å². The first-order valence-electron chi connectivity index (χ1n) is 8.73. The molecule has 0 fully saturated rings. The Hall–Kier alpha value is -3.54.